The lowest BCUT2D eigenvalue weighted by Gasteiger charge is -2.01. The minimum Gasteiger partial charge on any atom is -0.377 e. The predicted octanol–water partition coefficient (Wildman–Crippen LogP) is 2.06. The summed E-state index contributed by atoms with van der Waals surface area (Å²) in [4.78, 5) is 15.7. The molecule has 3 nitrogen and oxygen atoms in total. The molecule has 76 valence electrons. The number of rotatable bonds is 3. The van der Waals surface area contributed by atoms with E-state index in [-0.39, 0.29) is 12.4 Å². The highest BCUT2D eigenvalue weighted by Crippen LogP contribution is 2.13. The number of hydrogen-bond acceptors (Lipinski definition) is 3. The van der Waals surface area contributed by atoms with Gasteiger partial charge in [-0.2, -0.15) is 0 Å². The Morgan fingerprint density at radius 2 is 2.27 bits per heavy atom. The van der Waals surface area contributed by atoms with E-state index in [0.717, 1.165) is 10.9 Å². The fourth-order valence-corrected chi connectivity index (χ4v) is 1.46. The van der Waals surface area contributed by atoms with Gasteiger partial charge in [0.25, 0.3) is 0 Å². The molecule has 0 spiro atoms. The van der Waals surface area contributed by atoms with Gasteiger partial charge in [-0.3, -0.25) is 9.78 Å². The highest BCUT2D eigenvalue weighted by molar-refractivity contribution is 6.00. The van der Waals surface area contributed by atoms with Gasteiger partial charge < -0.3 is 4.74 Å². The Balaban J connectivity index is 2.42. The molecule has 0 N–H and O–H groups in total. The predicted molar refractivity (Wildman–Crippen MR) is 57.9 cm³/mol. The summed E-state index contributed by atoms with van der Waals surface area (Å²) in [6, 6.07) is 9.25. The Labute approximate surface area is 87.7 Å². The number of fused-ring (bicyclic) bond motifs is 1. The van der Waals surface area contributed by atoms with Crippen LogP contribution in [0.1, 0.15) is 10.4 Å². The number of methoxy groups -OCH3 is 1. The number of carbonyl (C=O) groups excluding carboxylic acids is 1. The Hall–Kier alpha value is -1.74. The normalized spacial score (nSPS) is 10.5. The van der Waals surface area contributed by atoms with E-state index in [0.29, 0.717) is 5.56 Å². The van der Waals surface area contributed by atoms with Crippen molar-refractivity contribution in [2.45, 2.75) is 0 Å². The second-order valence-electron chi connectivity index (χ2n) is 3.27. The molecule has 0 aliphatic rings. The Morgan fingerprint density at radius 3 is 3.07 bits per heavy atom. The van der Waals surface area contributed by atoms with Gasteiger partial charge in [-0.1, -0.05) is 6.07 Å². The first-order chi connectivity index (χ1) is 7.31. The van der Waals surface area contributed by atoms with Crippen molar-refractivity contribution in [1.29, 1.82) is 0 Å². The van der Waals surface area contributed by atoms with Gasteiger partial charge in [0.05, 0.1) is 5.52 Å². The van der Waals surface area contributed by atoms with Crippen LogP contribution in [-0.2, 0) is 4.74 Å². The van der Waals surface area contributed by atoms with Crippen molar-refractivity contribution in [1.82, 2.24) is 4.98 Å². The molecule has 3 heteroatoms. The zero-order chi connectivity index (χ0) is 10.7. The average Bonchev–Trinajstić information content (AvgIpc) is 2.29. The molecule has 0 aliphatic heterocycles. The molecule has 0 bridgehead atoms. The molecule has 0 saturated carbocycles. The standard InChI is InChI=1S/C12H11NO2/c1-15-8-12(14)10-4-5-11-9(7-10)3-2-6-13-11/h2-7H,8H2,1H3. The van der Waals surface area contributed by atoms with Gasteiger partial charge in [0, 0.05) is 24.3 Å². The first-order valence-electron chi connectivity index (χ1n) is 4.68. The van der Waals surface area contributed by atoms with Crippen molar-refractivity contribution in [2.75, 3.05) is 13.7 Å². The Morgan fingerprint density at radius 1 is 1.40 bits per heavy atom. The number of carbonyl (C=O) groups is 1. The third kappa shape index (κ3) is 2.02. The molecule has 0 amide bonds. The molecule has 1 heterocycles. The Bertz CT molecular complexity index is 494. The summed E-state index contributed by atoms with van der Waals surface area (Å²) in [7, 11) is 1.51. The van der Waals surface area contributed by atoms with E-state index in [4.69, 9.17) is 4.74 Å². The van der Waals surface area contributed by atoms with Crippen LogP contribution >= 0.6 is 0 Å². The van der Waals surface area contributed by atoms with E-state index in [1.54, 1.807) is 12.3 Å². The second kappa shape index (κ2) is 4.19. The Kier molecular flexibility index (Phi) is 2.74. The lowest BCUT2D eigenvalue weighted by molar-refractivity contribution is 0.0848. The summed E-state index contributed by atoms with van der Waals surface area (Å²) in [5, 5.41) is 0.972. The van der Waals surface area contributed by atoms with Crippen molar-refractivity contribution in [2.24, 2.45) is 0 Å². The number of pyridine rings is 1. The molecule has 0 unspecified atom stereocenters. The highest BCUT2D eigenvalue weighted by Gasteiger charge is 2.05. The lowest BCUT2D eigenvalue weighted by atomic mass is 10.1. The number of ether oxygens (including phenoxy) is 1. The van der Waals surface area contributed by atoms with Crippen LogP contribution in [0, 0.1) is 0 Å². The zero-order valence-corrected chi connectivity index (χ0v) is 8.43. The number of Topliss-reactive ketones (excluding diaryl/α,β-unsaturated/α-hetero) is 1. The zero-order valence-electron chi connectivity index (χ0n) is 8.43. The molecule has 0 aliphatic carbocycles. The van der Waals surface area contributed by atoms with E-state index in [2.05, 4.69) is 4.98 Å². The van der Waals surface area contributed by atoms with Crippen molar-refractivity contribution in [3.8, 4) is 0 Å². The number of aromatic nitrogens is 1. The van der Waals surface area contributed by atoms with Crippen LogP contribution in [-0.4, -0.2) is 24.5 Å². The topological polar surface area (TPSA) is 39.2 Å². The van der Waals surface area contributed by atoms with Gasteiger partial charge in [-0.25, -0.2) is 0 Å². The van der Waals surface area contributed by atoms with Gasteiger partial charge in [-0.15, -0.1) is 0 Å². The molecule has 0 fully saturated rings. The quantitative estimate of drug-likeness (QED) is 0.713. The van der Waals surface area contributed by atoms with Gasteiger partial charge in [-0.05, 0) is 24.3 Å². The molecule has 2 rings (SSSR count). The molecule has 1 aromatic heterocycles. The minimum atomic E-state index is -0.0109. The van der Waals surface area contributed by atoms with E-state index >= 15 is 0 Å². The highest BCUT2D eigenvalue weighted by atomic mass is 16.5. The van der Waals surface area contributed by atoms with E-state index < -0.39 is 0 Å². The molecule has 1 aromatic carbocycles. The summed E-state index contributed by atoms with van der Waals surface area (Å²) in [6.07, 6.45) is 1.74. The van der Waals surface area contributed by atoms with Gasteiger partial charge in [0.15, 0.2) is 5.78 Å². The lowest BCUT2D eigenvalue weighted by Crippen LogP contribution is -2.06. The summed E-state index contributed by atoms with van der Waals surface area (Å²) in [5.74, 6) is -0.0109. The van der Waals surface area contributed by atoms with Crippen LogP contribution in [0.4, 0.5) is 0 Å². The number of hydrogen-bond donors (Lipinski definition) is 0. The molecular formula is C12H11NO2. The third-order valence-electron chi connectivity index (χ3n) is 2.20. The van der Waals surface area contributed by atoms with Gasteiger partial charge >= 0.3 is 0 Å². The molecule has 0 radical (unpaired) electrons. The van der Waals surface area contributed by atoms with Crippen molar-refractivity contribution in [3.63, 3.8) is 0 Å². The summed E-state index contributed by atoms with van der Waals surface area (Å²) >= 11 is 0. The van der Waals surface area contributed by atoms with Crippen LogP contribution in [0.2, 0.25) is 0 Å². The van der Waals surface area contributed by atoms with E-state index in [1.165, 1.54) is 7.11 Å². The molecule has 0 saturated heterocycles. The molecule has 15 heavy (non-hydrogen) atoms. The van der Waals surface area contributed by atoms with Crippen LogP contribution in [0.3, 0.4) is 0 Å². The van der Waals surface area contributed by atoms with Crippen LogP contribution in [0.15, 0.2) is 36.5 Å². The van der Waals surface area contributed by atoms with Crippen LogP contribution in [0.5, 0.6) is 0 Å². The summed E-state index contributed by atoms with van der Waals surface area (Å²) in [5.41, 5.74) is 1.56. The third-order valence-corrected chi connectivity index (χ3v) is 2.20. The average molecular weight is 201 g/mol. The first kappa shape index (κ1) is 9.80. The number of ketones is 1. The van der Waals surface area contributed by atoms with Gasteiger partial charge in [0.1, 0.15) is 6.61 Å². The van der Waals surface area contributed by atoms with Gasteiger partial charge in [0.2, 0.25) is 0 Å². The number of nitrogens with zero attached hydrogens (tertiary/aromatic N) is 1. The van der Waals surface area contributed by atoms with Crippen LogP contribution in [0.25, 0.3) is 10.9 Å². The van der Waals surface area contributed by atoms with E-state index in [1.807, 2.05) is 24.3 Å². The largest absolute Gasteiger partial charge is 0.377 e. The second-order valence-corrected chi connectivity index (χ2v) is 3.27. The monoisotopic (exact) mass is 201 g/mol. The fourth-order valence-electron chi connectivity index (χ4n) is 1.46. The summed E-state index contributed by atoms with van der Waals surface area (Å²) in [6.45, 7) is 0.117. The molecule has 2 aromatic rings. The number of benzene rings is 1. The van der Waals surface area contributed by atoms with Crippen molar-refractivity contribution < 1.29 is 9.53 Å². The van der Waals surface area contributed by atoms with E-state index in [9.17, 15) is 4.79 Å². The summed E-state index contributed by atoms with van der Waals surface area (Å²) < 4.78 is 4.80. The smallest absolute Gasteiger partial charge is 0.188 e. The van der Waals surface area contributed by atoms with Crippen molar-refractivity contribution in [3.05, 3.63) is 42.1 Å². The fraction of sp³-hybridized carbons (Fsp3) is 0.167. The van der Waals surface area contributed by atoms with Crippen LogP contribution < -0.4 is 0 Å². The maximum Gasteiger partial charge on any atom is 0.188 e. The minimum absolute atomic E-state index is 0.0109. The maximum atomic E-state index is 11.5. The SMILES string of the molecule is COCC(=O)c1ccc2ncccc2c1. The van der Waals surface area contributed by atoms with Crippen molar-refractivity contribution >= 4 is 16.7 Å². The maximum absolute atomic E-state index is 11.5. The molecule has 0 atom stereocenters. The molecular weight excluding hydrogens is 190 g/mol. The first-order valence-corrected chi connectivity index (χ1v) is 4.68.